The summed E-state index contributed by atoms with van der Waals surface area (Å²) in [6.45, 7) is 4.50. The Bertz CT molecular complexity index is 804. The molecular weight excluding hydrogens is 326 g/mol. The third kappa shape index (κ3) is 3.14. The molecule has 1 aliphatic rings. The largest absolute Gasteiger partial charge is 0.124 e. The van der Waals surface area contributed by atoms with Gasteiger partial charge in [-0.25, -0.2) is 0 Å². The summed E-state index contributed by atoms with van der Waals surface area (Å²) in [5, 5.41) is 3.26. The van der Waals surface area contributed by atoms with Crippen molar-refractivity contribution in [3.8, 4) is 0 Å². The maximum atomic E-state index is 2.51. The molecule has 0 atom stereocenters. The van der Waals surface area contributed by atoms with Crippen LogP contribution in [0.1, 0.15) is 22.3 Å². The van der Waals surface area contributed by atoms with Crippen molar-refractivity contribution in [1.82, 2.24) is 0 Å². The number of benzene rings is 2. The molecule has 2 aromatic carbocycles. The number of rotatable bonds is 5. The average Bonchev–Trinajstić information content (AvgIpc) is 3.26. The maximum absolute atomic E-state index is 2.51. The summed E-state index contributed by atoms with van der Waals surface area (Å²) in [7, 11) is -0.110. The van der Waals surface area contributed by atoms with Gasteiger partial charge in [-0.1, -0.05) is 60.7 Å². The predicted octanol–water partition coefficient (Wildman–Crippen LogP) is 7.31. The maximum Gasteiger partial charge on any atom is -0.00366 e. The molecule has 0 bridgehead atoms. The Morgan fingerprint density at radius 3 is 1.54 bits per heavy atom. The molecule has 0 N–H and O–H groups in total. The summed E-state index contributed by atoms with van der Waals surface area (Å²) in [4.78, 5) is 0. The van der Waals surface area contributed by atoms with Crippen molar-refractivity contribution in [3.05, 3.63) is 94.5 Å². The summed E-state index contributed by atoms with van der Waals surface area (Å²) in [5.41, 5.74) is 5.84. The fourth-order valence-electron chi connectivity index (χ4n) is 3.28. The van der Waals surface area contributed by atoms with E-state index in [9.17, 15) is 0 Å². The van der Waals surface area contributed by atoms with Gasteiger partial charge < -0.3 is 0 Å². The molecule has 1 aliphatic heterocycles. The Morgan fingerprint density at radius 2 is 1.08 bits per heavy atom. The van der Waals surface area contributed by atoms with Crippen LogP contribution < -0.4 is 0 Å². The van der Waals surface area contributed by atoms with E-state index in [0.717, 1.165) is 0 Å². The van der Waals surface area contributed by atoms with Crippen molar-refractivity contribution in [1.29, 1.82) is 0 Å². The Hall–Kier alpha value is -1.61. The van der Waals surface area contributed by atoms with Crippen molar-refractivity contribution < 1.29 is 0 Å². The van der Waals surface area contributed by atoms with Crippen LogP contribution in [0.3, 0.4) is 0 Å². The molecule has 0 amide bonds. The van der Waals surface area contributed by atoms with Crippen molar-refractivity contribution >= 4 is 26.1 Å². The molecule has 4 rings (SSSR count). The molecule has 0 unspecified atom stereocenters. The lowest BCUT2D eigenvalue weighted by Crippen LogP contribution is -1.76. The van der Waals surface area contributed by atoms with Gasteiger partial charge in [0.1, 0.15) is 0 Å². The van der Waals surface area contributed by atoms with E-state index < -0.39 is 0 Å². The van der Waals surface area contributed by atoms with Gasteiger partial charge in [-0.3, -0.25) is 0 Å². The molecule has 0 spiro atoms. The molecule has 2 heteroatoms. The molecule has 0 aliphatic carbocycles. The summed E-state index contributed by atoms with van der Waals surface area (Å²) >= 11 is 0. The van der Waals surface area contributed by atoms with E-state index in [2.05, 4.69) is 86.1 Å². The van der Waals surface area contributed by atoms with Crippen LogP contribution in [0, 0.1) is 13.8 Å². The fourth-order valence-corrected chi connectivity index (χ4v) is 8.98. The van der Waals surface area contributed by atoms with E-state index >= 15 is 0 Å². The van der Waals surface area contributed by atoms with Crippen molar-refractivity contribution in [2.45, 2.75) is 20.0 Å². The Morgan fingerprint density at radius 1 is 0.625 bits per heavy atom. The van der Waals surface area contributed by atoms with Gasteiger partial charge in [0.15, 0.2) is 0 Å². The fraction of sp³-hybridized carbons (Fsp3) is 0.182. The summed E-state index contributed by atoms with van der Waals surface area (Å²) in [6, 6.07) is 22.0. The van der Waals surface area contributed by atoms with Crippen LogP contribution in [0.25, 0.3) is 10.6 Å². The van der Waals surface area contributed by atoms with E-state index in [-0.39, 0.29) is 15.5 Å². The van der Waals surface area contributed by atoms with Crippen molar-refractivity contribution in [2.24, 2.45) is 0 Å². The second-order valence-electron chi connectivity index (χ2n) is 6.44. The summed E-state index contributed by atoms with van der Waals surface area (Å²) < 4.78 is 0. The van der Waals surface area contributed by atoms with Crippen LogP contribution in [0.4, 0.5) is 0 Å². The van der Waals surface area contributed by atoms with Crippen LogP contribution in [0.5, 0.6) is 0 Å². The van der Waals surface area contributed by atoms with Gasteiger partial charge in [0.05, 0.1) is 0 Å². The molecule has 3 aromatic rings. The van der Waals surface area contributed by atoms with Gasteiger partial charge in [-0.2, -0.15) is 0 Å². The average molecular weight is 348 g/mol. The minimum atomic E-state index is -0.0836. The van der Waals surface area contributed by atoms with Gasteiger partial charge >= 0.3 is 0 Å². The molecular formula is C22H22P2. The second kappa shape index (κ2) is 6.72. The first-order chi connectivity index (χ1) is 11.7. The van der Waals surface area contributed by atoms with Gasteiger partial charge in [0, 0.05) is 0 Å². The first kappa shape index (κ1) is 15.9. The van der Waals surface area contributed by atoms with Crippen molar-refractivity contribution in [3.63, 3.8) is 0 Å². The van der Waals surface area contributed by atoms with E-state index in [4.69, 9.17) is 0 Å². The van der Waals surface area contributed by atoms with Gasteiger partial charge in [0.25, 0.3) is 0 Å². The van der Waals surface area contributed by atoms with Gasteiger partial charge in [-0.15, -0.1) is 7.53 Å². The van der Waals surface area contributed by atoms with Crippen molar-refractivity contribution in [2.75, 3.05) is 6.16 Å². The topological polar surface area (TPSA) is 0 Å². The summed E-state index contributed by atoms with van der Waals surface area (Å²) in [5.74, 6) is 5.02. The van der Waals surface area contributed by atoms with E-state index in [1.165, 1.54) is 34.6 Å². The lowest BCUT2D eigenvalue weighted by Gasteiger charge is -2.03. The molecule has 0 radical (unpaired) electrons. The zero-order valence-electron chi connectivity index (χ0n) is 14.2. The highest BCUT2D eigenvalue weighted by atomic mass is 31.1. The second-order valence-corrected chi connectivity index (χ2v) is 10.6. The number of hydrogen-bond donors (Lipinski definition) is 0. The highest BCUT2D eigenvalue weighted by Crippen LogP contribution is 2.78. The zero-order valence-corrected chi connectivity index (χ0v) is 16.0. The zero-order chi connectivity index (χ0) is 16.5. The minimum absolute atomic E-state index is 0.0268. The highest BCUT2D eigenvalue weighted by molar-refractivity contribution is 7.89. The first-order valence-electron chi connectivity index (χ1n) is 8.49. The van der Waals surface area contributed by atoms with Crippen LogP contribution in [-0.4, -0.2) is 6.16 Å². The van der Waals surface area contributed by atoms with E-state index in [0.29, 0.717) is 0 Å². The molecule has 120 valence electrons. The molecule has 2 heterocycles. The van der Waals surface area contributed by atoms with E-state index in [1.807, 2.05) is 0 Å². The smallest absolute Gasteiger partial charge is 0.00366 e. The quantitative estimate of drug-likeness (QED) is 0.424. The van der Waals surface area contributed by atoms with Gasteiger partial charge in [-0.05, 0) is 78.6 Å². The third-order valence-corrected chi connectivity index (χ3v) is 9.75. The van der Waals surface area contributed by atoms with Crippen LogP contribution in [-0.2, 0) is 6.16 Å². The molecule has 0 nitrogen and oxygen atoms in total. The monoisotopic (exact) mass is 348 g/mol. The normalized spacial score (nSPS) is 14.2. The predicted molar refractivity (Wildman–Crippen MR) is 110 cm³/mol. The highest BCUT2D eigenvalue weighted by Gasteiger charge is 2.37. The molecule has 0 saturated carbocycles. The molecule has 0 saturated heterocycles. The first-order valence-corrected chi connectivity index (χ1v) is 11.7. The Labute approximate surface area is 147 Å². The van der Waals surface area contributed by atoms with E-state index in [1.54, 1.807) is 10.6 Å². The van der Waals surface area contributed by atoms with Crippen LogP contribution >= 0.6 is 15.5 Å². The molecule has 0 fully saturated rings. The minimum Gasteiger partial charge on any atom is -0.124 e. The van der Waals surface area contributed by atoms with Gasteiger partial charge in [0.2, 0.25) is 0 Å². The van der Waals surface area contributed by atoms with Crippen LogP contribution in [0.2, 0.25) is 0 Å². The van der Waals surface area contributed by atoms with Crippen LogP contribution in [0.15, 0.2) is 72.3 Å². The number of hydrogen-bond acceptors (Lipinski definition) is 0. The molecule has 1 aromatic heterocycles. The number of aryl methyl sites for hydroxylation is 3. The Balaban J connectivity index is 1.57. The standard InChI is InChI=1S/C22H22P2/c1-17-15-23(16-18(17)2)13-14-24-21(19-9-5-3-6-10-19)22(24)20-11-7-4-8-12-20/h3-12,15-16H,13-14H2,1-2H3. The Kier molecular flexibility index (Phi) is 4.45. The summed E-state index contributed by atoms with van der Waals surface area (Å²) in [6.07, 6.45) is 2.67. The third-order valence-electron chi connectivity index (χ3n) is 4.73. The molecule has 24 heavy (non-hydrogen) atoms. The lowest BCUT2D eigenvalue weighted by molar-refractivity contribution is 1.40. The lowest BCUT2D eigenvalue weighted by atomic mass is 10.1. The SMILES string of the molecule is Cc1cp(CCP2C(c3ccccc3)=C2c2ccccc2)cc1C.